The van der Waals surface area contributed by atoms with Crippen LogP contribution in [0.2, 0.25) is 0 Å². The molecule has 0 bridgehead atoms. The highest BCUT2D eigenvalue weighted by atomic mass is 32.2. The molecule has 1 aromatic heterocycles. The molecule has 1 aromatic carbocycles. The fourth-order valence-electron chi connectivity index (χ4n) is 2.90. The van der Waals surface area contributed by atoms with Crippen LogP contribution in [0.3, 0.4) is 0 Å². The normalized spacial score (nSPS) is 19.1. The number of amides is 1. The average Bonchev–Trinajstić information content (AvgIpc) is 3.21. The SMILES string of the molecule is O=C(/C=C/c1c(F)cccc1F)N(Cc1cccs1)C1CCS(=O)(=O)C1. The van der Waals surface area contributed by atoms with Gasteiger partial charge >= 0.3 is 0 Å². The van der Waals surface area contributed by atoms with Crippen LogP contribution in [-0.2, 0) is 21.2 Å². The lowest BCUT2D eigenvalue weighted by molar-refractivity contribution is -0.128. The van der Waals surface area contributed by atoms with E-state index in [9.17, 15) is 22.0 Å². The molecule has 1 saturated heterocycles. The first kappa shape index (κ1) is 18.7. The van der Waals surface area contributed by atoms with E-state index in [-0.39, 0.29) is 23.6 Å². The molecule has 0 aliphatic carbocycles. The number of hydrogen-bond donors (Lipinski definition) is 0. The summed E-state index contributed by atoms with van der Waals surface area (Å²) in [4.78, 5) is 15.0. The van der Waals surface area contributed by atoms with Crippen molar-refractivity contribution in [3.63, 3.8) is 0 Å². The fraction of sp³-hybridized carbons (Fsp3) is 0.278. The first-order valence-corrected chi connectivity index (χ1v) is 10.7. The van der Waals surface area contributed by atoms with Crippen LogP contribution in [0.25, 0.3) is 6.08 Å². The van der Waals surface area contributed by atoms with Gasteiger partial charge in [0.1, 0.15) is 11.6 Å². The maximum absolute atomic E-state index is 13.7. The molecule has 1 aliphatic rings. The minimum Gasteiger partial charge on any atom is -0.330 e. The molecule has 8 heteroatoms. The monoisotopic (exact) mass is 397 g/mol. The Labute approximate surface area is 154 Å². The van der Waals surface area contributed by atoms with Crippen LogP contribution in [0.1, 0.15) is 16.9 Å². The first-order valence-electron chi connectivity index (χ1n) is 8.01. The lowest BCUT2D eigenvalue weighted by atomic mass is 10.1. The van der Waals surface area contributed by atoms with Gasteiger partial charge in [-0.3, -0.25) is 4.79 Å². The number of nitrogens with zero attached hydrogens (tertiary/aromatic N) is 1. The molecule has 1 atom stereocenters. The van der Waals surface area contributed by atoms with Gasteiger partial charge in [0.2, 0.25) is 5.91 Å². The van der Waals surface area contributed by atoms with E-state index in [0.717, 1.165) is 29.2 Å². The smallest absolute Gasteiger partial charge is 0.247 e. The molecular formula is C18H17F2NO3S2. The Hall–Kier alpha value is -2.06. The van der Waals surface area contributed by atoms with Crippen molar-refractivity contribution in [2.24, 2.45) is 0 Å². The van der Waals surface area contributed by atoms with Crippen LogP contribution in [0, 0.1) is 11.6 Å². The highest BCUT2D eigenvalue weighted by molar-refractivity contribution is 7.91. The molecule has 1 aliphatic heterocycles. The molecule has 1 unspecified atom stereocenters. The summed E-state index contributed by atoms with van der Waals surface area (Å²) >= 11 is 1.46. The second kappa shape index (κ2) is 7.67. The number of halogens is 2. The minimum absolute atomic E-state index is 0.0392. The first-order chi connectivity index (χ1) is 12.4. The summed E-state index contributed by atoms with van der Waals surface area (Å²) in [7, 11) is -3.17. The van der Waals surface area contributed by atoms with Crippen LogP contribution in [0.15, 0.2) is 41.8 Å². The van der Waals surface area contributed by atoms with Crippen LogP contribution >= 0.6 is 11.3 Å². The fourth-order valence-corrected chi connectivity index (χ4v) is 5.33. The van der Waals surface area contributed by atoms with E-state index >= 15 is 0 Å². The van der Waals surface area contributed by atoms with E-state index in [2.05, 4.69) is 0 Å². The number of hydrogen-bond acceptors (Lipinski definition) is 4. The summed E-state index contributed by atoms with van der Waals surface area (Å²) < 4.78 is 51.0. The Kier molecular flexibility index (Phi) is 5.52. The Balaban J connectivity index is 1.84. The van der Waals surface area contributed by atoms with Crippen molar-refractivity contribution in [3.8, 4) is 0 Å². The molecule has 0 saturated carbocycles. The highest BCUT2D eigenvalue weighted by Crippen LogP contribution is 2.23. The van der Waals surface area contributed by atoms with Gasteiger partial charge in [0.15, 0.2) is 9.84 Å². The maximum Gasteiger partial charge on any atom is 0.247 e. The Bertz CT molecular complexity index is 904. The Morgan fingerprint density at radius 2 is 1.96 bits per heavy atom. The number of carbonyl (C=O) groups is 1. The maximum atomic E-state index is 13.7. The largest absolute Gasteiger partial charge is 0.330 e. The summed E-state index contributed by atoms with van der Waals surface area (Å²) in [5.41, 5.74) is -0.295. The van der Waals surface area contributed by atoms with Gasteiger partial charge in [0, 0.05) is 22.6 Å². The predicted molar refractivity (Wildman–Crippen MR) is 97.3 cm³/mol. The second-order valence-electron chi connectivity index (χ2n) is 6.07. The zero-order valence-electron chi connectivity index (χ0n) is 13.8. The van der Waals surface area contributed by atoms with Crippen LogP contribution in [-0.4, -0.2) is 36.8 Å². The predicted octanol–water partition coefficient (Wildman–Crippen LogP) is 3.26. The highest BCUT2D eigenvalue weighted by Gasteiger charge is 2.34. The molecule has 0 radical (unpaired) electrons. The summed E-state index contributed by atoms with van der Waals surface area (Å²) in [5, 5.41) is 1.87. The second-order valence-corrected chi connectivity index (χ2v) is 9.33. The molecule has 2 heterocycles. The minimum atomic E-state index is -3.17. The van der Waals surface area contributed by atoms with Gasteiger partial charge in [0.25, 0.3) is 0 Å². The molecule has 0 N–H and O–H groups in total. The third-order valence-electron chi connectivity index (χ3n) is 4.23. The molecule has 3 rings (SSSR count). The number of sulfone groups is 1. The summed E-state index contributed by atoms with van der Waals surface area (Å²) in [6.45, 7) is 0.265. The third-order valence-corrected chi connectivity index (χ3v) is 6.84. The standard InChI is InChI=1S/C18H17F2NO3S2/c19-16-4-1-5-17(20)15(16)6-7-18(22)21(11-14-3-2-9-25-14)13-8-10-26(23,24)12-13/h1-7,9,13H,8,10-12H2/b7-6+. The number of benzene rings is 1. The van der Waals surface area contributed by atoms with Crippen molar-refractivity contribution in [2.75, 3.05) is 11.5 Å². The van der Waals surface area contributed by atoms with Crippen LogP contribution in [0.5, 0.6) is 0 Å². The van der Waals surface area contributed by atoms with Gasteiger partial charge in [0.05, 0.1) is 18.1 Å². The lowest BCUT2D eigenvalue weighted by Crippen LogP contribution is -2.39. The Morgan fingerprint density at radius 1 is 1.23 bits per heavy atom. The zero-order valence-corrected chi connectivity index (χ0v) is 15.4. The number of carbonyl (C=O) groups excluding carboxylic acids is 1. The van der Waals surface area contributed by atoms with Gasteiger partial charge in [-0.2, -0.15) is 0 Å². The summed E-state index contributed by atoms with van der Waals surface area (Å²) in [5.74, 6) is -2.04. The number of thiophene rings is 1. The molecule has 1 amide bonds. The van der Waals surface area contributed by atoms with Crippen molar-refractivity contribution in [1.29, 1.82) is 0 Å². The van der Waals surface area contributed by atoms with Crippen LogP contribution in [0.4, 0.5) is 8.78 Å². The van der Waals surface area contributed by atoms with E-state index in [1.165, 1.54) is 22.3 Å². The van der Waals surface area contributed by atoms with Gasteiger partial charge in [-0.1, -0.05) is 12.1 Å². The molecule has 2 aromatic rings. The molecular weight excluding hydrogens is 380 g/mol. The van der Waals surface area contributed by atoms with Crippen LogP contribution < -0.4 is 0 Å². The van der Waals surface area contributed by atoms with E-state index in [4.69, 9.17) is 0 Å². The van der Waals surface area contributed by atoms with E-state index in [1.54, 1.807) is 0 Å². The average molecular weight is 397 g/mol. The molecule has 0 spiro atoms. The molecule has 4 nitrogen and oxygen atoms in total. The van der Waals surface area contributed by atoms with Crippen molar-refractivity contribution >= 4 is 33.2 Å². The quantitative estimate of drug-likeness (QED) is 0.728. The lowest BCUT2D eigenvalue weighted by Gasteiger charge is -2.26. The van der Waals surface area contributed by atoms with Crippen molar-refractivity contribution in [3.05, 3.63) is 63.9 Å². The molecule has 138 valence electrons. The van der Waals surface area contributed by atoms with Gasteiger partial charge in [-0.25, -0.2) is 17.2 Å². The zero-order chi connectivity index (χ0) is 18.7. The summed E-state index contributed by atoms with van der Waals surface area (Å²) in [6, 6.07) is 6.73. The van der Waals surface area contributed by atoms with E-state index < -0.39 is 33.4 Å². The Morgan fingerprint density at radius 3 is 2.54 bits per heavy atom. The summed E-state index contributed by atoms with van der Waals surface area (Å²) in [6.07, 6.45) is 2.55. The molecule has 1 fully saturated rings. The number of rotatable bonds is 5. The van der Waals surface area contributed by atoms with Crippen molar-refractivity contribution < 1.29 is 22.0 Å². The van der Waals surface area contributed by atoms with E-state index in [0.29, 0.717) is 6.42 Å². The van der Waals surface area contributed by atoms with Gasteiger partial charge in [-0.05, 0) is 36.1 Å². The van der Waals surface area contributed by atoms with Gasteiger partial charge < -0.3 is 4.90 Å². The topological polar surface area (TPSA) is 54.5 Å². The van der Waals surface area contributed by atoms with E-state index in [1.807, 2.05) is 17.5 Å². The van der Waals surface area contributed by atoms with Gasteiger partial charge in [-0.15, -0.1) is 11.3 Å². The van der Waals surface area contributed by atoms with Crippen molar-refractivity contribution in [2.45, 2.75) is 19.0 Å². The third kappa shape index (κ3) is 4.37. The molecule has 26 heavy (non-hydrogen) atoms. The van der Waals surface area contributed by atoms with Crippen molar-refractivity contribution in [1.82, 2.24) is 4.90 Å².